The van der Waals surface area contributed by atoms with E-state index in [2.05, 4.69) is 32.9 Å². The van der Waals surface area contributed by atoms with Crippen molar-refractivity contribution in [1.82, 2.24) is 0 Å². The molecular weight excluding hydrogens is 212 g/mol. The lowest BCUT2D eigenvalue weighted by molar-refractivity contribution is 0.297. The van der Waals surface area contributed by atoms with Crippen LogP contribution in [-0.2, 0) is 19.3 Å². The molecule has 0 saturated carbocycles. The highest BCUT2D eigenvalue weighted by Crippen LogP contribution is 2.24. The fourth-order valence-electron chi connectivity index (χ4n) is 2.06. The number of hydrogen-bond acceptors (Lipinski definition) is 2. The molecule has 0 heterocycles. The molecule has 2 N–H and O–H groups in total. The van der Waals surface area contributed by atoms with Gasteiger partial charge in [-0.1, -0.05) is 39.0 Å². The van der Waals surface area contributed by atoms with Gasteiger partial charge in [0.2, 0.25) is 0 Å². The van der Waals surface area contributed by atoms with Gasteiger partial charge < -0.3 is 10.2 Å². The maximum Gasteiger partial charge on any atom is 0.0471 e. The van der Waals surface area contributed by atoms with E-state index in [0.717, 1.165) is 6.42 Å². The third-order valence-electron chi connectivity index (χ3n) is 2.77. The van der Waals surface area contributed by atoms with E-state index in [1.54, 1.807) is 0 Å². The summed E-state index contributed by atoms with van der Waals surface area (Å²) in [5.41, 5.74) is 3.94. The van der Waals surface area contributed by atoms with Crippen molar-refractivity contribution in [2.24, 2.45) is 5.41 Å². The van der Waals surface area contributed by atoms with Gasteiger partial charge in [0.05, 0.1) is 0 Å². The fourth-order valence-corrected chi connectivity index (χ4v) is 2.06. The van der Waals surface area contributed by atoms with Crippen LogP contribution in [0.5, 0.6) is 0 Å². The lowest BCUT2D eigenvalue weighted by Crippen LogP contribution is -2.12. The SMILES string of the molecule is CC(C)(C)Cc1cc(CCO)ccc1CCO. The van der Waals surface area contributed by atoms with Crippen LogP contribution in [0.3, 0.4) is 0 Å². The zero-order valence-electron chi connectivity index (χ0n) is 11.2. The van der Waals surface area contributed by atoms with Crippen molar-refractivity contribution >= 4 is 0 Å². The predicted octanol–water partition coefficient (Wildman–Crippen LogP) is 2.34. The molecule has 0 aromatic heterocycles. The van der Waals surface area contributed by atoms with Crippen molar-refractivity contribution in [2.45, 2.75) is 40.0 Å². The minimum atomic E-state index is 0.189. The molecule has 0 unspecified atom stereocenters. The first-order valence-electron chi connectivity index (χ1n) is 6.28. The standard InChI is InChI=1S/C15H24O2/c1-15(2,3)11-14-10-12(6-8-16)4-5-13(14)7-9-17/h4-5,10,16-17H,6-9,11H2,1-3H3. The molecule has 1 aromatic carbocycles. The Bertz CT molecular complexity index is 350. The van der Waals surface area contributed by atoms with Gasteiger partial charge in [0.15, 0.2) is 0 Å². The Morgan fingerprint density at radius 2 is 1.59 bits per heavy atom. The second-order valence-electron chi connectivity index (χ2n) is 5.79. The molecule has 1 rings (SSSR count). The van der Waals surface area contributed by atoms with Crippen LogP contribution in [0.25, 0.3) is 0 Å². The monoisotopic (exact) mass is 236 g/mol. The van der Waals surface area contributed by atoms with Crippen molar-refractivity contribution < 1.29 is 10.2 Å². The van der Waals surface area contributed by atoms with E-state index in [0.29, 0.717) is 12.8 Å². The largest absolute Gasteiger partial charge is 0.396 e. The van der Waals surface area contributed by atoms with Gasteiger partial charge in [-0.2, -0.15) is 0 Å². The number of aliphatic hydroxyl groups excluding tert-OH is 2. The van der Waals surface area contributed by atoms with Gasteiger partial charge in [-0.15, -0.1) is 0 Å². The molecule has 96 valence electrons. The van der Waals surface area contributed by atoms with Gasteiger partial charge in [-0.05, 0) is 41.4 Å². The van der Waals surface area contributed by atoms with Crippen LogP contribution in [0.1, 0.15) is 37.5 Å². The average Bonchev–Trinajstić information content (AvgIpc) is 2.20. The van der Waals surface area contributed by atoms with E-state index in [1.165, 1.54) is 16.7 Å². The van der Waals surface area contributed by atoms with Gasteiger partial charge in [-0.3, -0.25) is 0 Å². The zero-order valence-corrected chi connectivity index (χ0v) is 11.2. The molecule has 2 nitrogen and oxygen atoms in total. The van der Waals surface area contributed by atoms with Crippen molar-refractivity contribution in [3.8, 4) is 0 Å². The highest BCUT2D eigenvalue weighted by molar-refractivity contribution is 5.33. The predicted molar refractivity (Wildman–Crippen MR) is 71.2 cm³/mol. The zero-order chi connectivity index (χ0) is 12.9. The number of hydrogen-bond donors (Lipinski definition) is 2. The summed E-state index contributed by atoms with van der Waals surface area (Å²) in [5, 5.41) is 18.1. The molecule has 0 fully saturated rings. The lowest BCUT2D eigenvalue weighted by atomic mass is 9.85. The second kappa shape index (κ2) is 6.18. The first-order valence-corrected chi connectivity index (χ1v) is 6.28. The minimum absolute atomic E-state index is 0.189. The van der Waals surface area contributed by atoms with Gasteiger partial charge in [0, 0.05) is 13.2 Å². The van der Waals surface area contributed by atoms with Gasteiger partial charge in [-0.25, -0.2) is 0 Å². The minimum Gasteiger partial charge on any atom is -0.396 e. The number of rotatable bonds is 5. The van der Waals surface area contributed by atoms with Crippen LogP contribution in [0.4, 0.5) is 0 Å². The Hall–Kier alpha value is -0.860. The third-order valence-corrected chi connectivity index (χ3v) is 2.77. The Morgan fingerprint density at radius 1 is 0.941 bits per heavy atom. The fraction of sp³-hybridized carbons (Fsp3) is 0.600. The Morgan fingerprint density at radius 3 is 2.12 bits per heavy atom. The second-order valence-corrected chi connectivity index (χ2v) is 5.79. The van der Waals surface area contributed by atoms with Crippen molar-refractivity contribution in [2.75, 3.05) is 13.2 Å². The summed E-state index contributed by atoms with van der Waals surface area (Å²) >= 11 is 0. The Balaban J connectivity index is 2.98. The van der Waals surface area contributed by atoms with Gasteiger partial charge in [0.25, 0.3) is 0 Å². The van der Waals surface area contributed by atoms with E-state index in [9.17, 15) is 0 Å². The van der Waals surface area contributed by atoms with E-state index in [-0.39, 0.29) is 18.6 Å². The highest BCUT2D eigenvalue weighted by atomic mass is 16.3. The molecule has 17 heavy (non-hydrogen) atoms. The van der Waals surface area contributed by atoms with Gasteiger partial charge >= 0.3 is 0 Å². The summed E-state index contributed by atoms with van der Waals surface area (Å²) in [4.78, 5) is 0. The molecule has 0 spiro atoms. The van der Waals surface area contributed by atoms with Crippen molar-refractivity contribution in [3.05, 3.63) is 34.9 Å². The molecule has 0 aliphatic rings. The molecule has 0 radical (unpaired) electrons. The average molecular weight is 236 g/mol. The van der Waals surface area contributed by atoms with Crippen LogP contribution in [0, 0.1) is 5.41 Å². The molecule has 1 aromatic rings. The molecular formula is C15H24O2. The first-order chi connectivity index (χ1) is 7.96. The lowest BCUT2D eigenvalue weighted by Gasteiger charge is -2.21. The molecule has 0 bridgehead atoms. The quantitative estimate of drug-likeness (QED) is 0.824. The molecule has 0 aliphatic heterocycles. The van der Waals surface area contributed by atoms with Crippen molar-refractivity contribution in [3.63, 3.8) is 0 Å². The first kappa shape index (κ1) is 14.2. The molecule has 0 atom stereocenters. The highest BCUT2D eigenvalue weighted by Gasteiger charge is 2.14. The van der Waals surface area contributed by atoms with Crippen LogP contribution in [-0.4, -0.2) is 23.4 Å². The van der Waals surface area contributed by atoms with Crippen LogP contribution < -0.4 is 0 Å². The summed E-state index contributed by atoms with van der Waals surface area (Å²) < 4.78 is 0. The summed E-state index contributed by atoms with van der Waals surface area (Å²) in [6, 6.07) is 6.31. The van der Waals surface area contributed by atoms with Gasteiger partial charge in [0.1, 0.15) is 0 Å². The Labute approximate surface area is 104 Å². The Kier molecular flexibility index (Phi) is 5.16. The number of aliphatic hydroxyl groups is 2. The number of benzene rings is 1. The molecule has 0 amide bonds. The van der Waals surface area contributed by atoms with E-state index >= 15 is 0 Å². The summed E-state index contributed by atoms with van der Waals surface area (Å²) in [6.45, 7) is 7.03. The van der Waals surface area contributed by atoms with Crippen molar-refractivity contribution in [1.29, 1.82) is 0 Å². The topological polar surface area (TPSA) is 40.5 Å². The van der Waals surface area contributed by atoms with Crippen LogP contribution in [0.15, 0.2) is 18.2 Å². The maximum absolute atomic E-state index is 9.08. The molecule has 2 heteroatoms. The van der Waals surface area contributed by atoms with E-state index in [4.69, 9.17) is 10.2 Å². The smallest absolute Gasteiger partial charge is 0.0471 e. The van der Waals surface area contributed by atoms with E-state index in [1.807, 2.05) is 6.07 Å². The maximum atomic E-state index is 9.08. The van der Waals surface area contributed by atoms with E-state index < -0.39 is 0 Å². The van der Waals surface area contributed by atoms with Crippen LogP contribution in [0.2, 0.25) is 0 Å². The third kappa shape index (κ3) is 4.88. The summed E-state index contributed by atoms with van der Waals surface area (Å²) in [5.74, 6) is 0. The van der Waals surface area contributed by atoms with Crippen LogP contribution >= 0.6 is 0 Å². The molecule has 0 aliphatic carbocycles. The molecule has 0 saturated heterocycles. The normalized spacial score (nSPS) is 11.8. The summed E-state index contributed by atoms with van der Waals surface area (Å²) in [6.07, 6.45) is 2.42. The summed E-state index contributed by atoms with van der Waals surface area (Å²) in [7, 11) is 0.